The van der Waals surface area contributed by atoms with Crippen LogP contribution in [0, 0.1) is 5.92 Å². The van der Waals surface area contributed by atoms with Crippen molar-refractivity contribution in [3.8, 4) is 11.5 Å². The molecule has 0 spiro atoms. The van der Waals surface area contributed by atoms with E-state index in [4.69, 9.17) is 9.15 Å². The van der Waals surface area contributed by atoms with Crippen LogP contribution in [0.15, 0.2) is 77.2 Å². The highest BCUT2D eigenvalue weighted by molar-refractivity contribution is 5.94. The average molecular weight is 512 g/mol. The minimum atomic E-state index is -0.313. The number of carbonyl (C=O) groups is 2. The smallest absolute Gasteiger partial charge is 0.307 e. The molecule has 1 aromatic heterocycles. The highest BCUT2D eigenvalue weighted by atomic mass is 16.5. The van der Waals surface area contributed by atoms with Crippen LogP contribution in [-0.2, 0) is 9.53 Å². The van der Waals surface area contributed by atoms with Crippen molar-refractivity contribution in [1.29, 1.82) is 0 Å². The van der Waals surface area contributed by atoms with Gasteiger partial charge in [0.15, 0.2) is 5.58 Å². The number of ether oxygens (including phenoxy) is 1. The van der Waals surface area contributed by atoms with Gasteiger partial charge in [0.1, 0.15) is 5.52 Å². The Kier molecular flexibility index (Phi) is 8.02. The van der Waals surface area contributed by atoms with Crippen molar-refractivity contribution < 1.29 is 18.7 Å². The molecule has 7 heteroatoms. The molecule has 0 saturated heterocycles. The SMILES string of the molecule is CCOC(=O)CCNC(=O)c1ccc(N[C@@H](c2ccc(-c3nc4ccccc4o3)cc2)C2CCCC2)cc1. The van der Waals surface area contributed by atoms with E-state index in [1.165, 1.54) is 31.2 Å². The molecule has 1 heterocycles. The van der Waals surface area contributed by atoms with Gasteiger partial charge in [-0.25, -0.2) is 4.98 Å². The molecule has 4 aromatic rings. The van der Waals surface area contributed by atoms with Crippen LogP contribution in [0.5, 0.6) is 0 Å². The van der Waals surface area contributed by atoms with Gasteiger partial charge in [-0.15, -0.1) is 0 Å². The lowest BCUT2D eigenvalue weighted by Gasteiger charge is -2.26. The van der Waals surface area contributed by atoms with Crippen LogP contribution in [0.3, 0.4) is 0 Å². The zero-order valence-electron chi connectivity index (χ0n) is 21.6. The molecular weight excluding hydrogens is 478 g/mol. The second-order valence-corrected chi connectivity index (χ2v) is 9.66. The van der Waals surface area contributed by atoms with E-state index >= 15 is 0 Å². The number of para-hydroxylation sites is 2. The molecule has 0 radical (unpaired) electrons. The maximum Gasteiger partial charge on any atom is 0.307 e. The lowest BCUT2D eigenvalue weighted by Crippen LogP contribution is -2.26. The number of hydrogen-bond donors (Lipinski definition) is 2. The summed E-state index contributed by atoms with van der Waals surface area (Å²) < 4.78 is 10.8. The molecule has 0 aliphatic heterocycles. The molecule has 7 nitrogen and oxygen atoms in total. The first-order chi connectivity index (χ1) is 18.6. The van der Waals surface area contributed by atoms with Crippen molar-refractivity contribution in [2.24, 2.45) is 5.92 Å². The highest BCUT2D eigenvalue weighted by Crippen LogP contribution is 2.38. The average Bonchev–Trinajstić information content (AvgIpc) is 3.63. The van der Waals surface area contributed by atoms with E-state index in [9.17, 15) is 9.59 Å². The van der Waals surface area contributed by atoms with Gasteiger partial charge in [0.2, 0.25) is 5.89 Å². The van der Waals surface area contributed by atoms with Crippen molar-refractivity contribution in [1.82, 2.24) is 10.3 Å². The van der Waals surface area contributed by atoms with E-state index in [0.717, 1.165) is 22.4 Å². The predicted octanol–water partition coefficient (Wildman–Crippen LogP) is 6.52. The zero-order chi connectivity index (χ0) is 26.3. The van der Waals surface area contributed by atoms with Gasteiger partial charge in [0.25, 0.3) is 5.91 Å². The Morgan fingerprint density at radius 2 is 1.74 bits per heavy atom. The summed E-state index contributed by atoms with van der Waals surface area (Å²) in [5.41, 5.74) is 5.33. The van der Waals surface area contributed by atoms with Gasteiger partial charge in [0.05, 0.1) is 19.1 Å². The summed E-state index contributed by atoms with van der Waals surface area (Å²) in [6, 6.07) is 23.9. The number of hydrogen-bond acceptors (Lipinski definition) is 6. The van der Waals surface area contributed by atoms with E-state index in [2.05, 4.69) is 39.9 Å². The van der Waals surface area contributed by atoms with Crippen LogP contribution in [-0.4, -0.2) is 30.0 Å². The normalized spacial score (nSPS) is 14.3. The first kappa shape index (κ1) is 25.5. The fraction of sp³-hybridized carbons (Fsp3) is 0.323. The molecule has 1 aliphatic carbocycles. The molecule has 0 bridgehead atoms. The molecular formula is C31H33N3O4. The maximum atomic E-state index is 12.5. The van der Waals surface area contributed by atoms with Gasteiger partial charge in [-0.1, -0.05) is 37.1 Å². The second-order valence-electron chi connectivity index (χ2n) is 9.66. The number of aromatic nitrogens is 1. The van der Waals surface area contributed by atoms with E-state index in [0.29, 0.717) is 24.0 Å². The lowest BCUT2D eigenvalue weighted by atomic mass is 9.90. The Morgan fingerprint density at radius 3 is 2.45 bits per heavy atom. The molecule has 1 aliphatic rings. The Bertz CT molecular complexity index is 1340. The Morgan fingerprint density at radius 1 is 1.00 bits per heavy atom. The van der Waals surface area contributed by atoms with Crippen LogP contribution in [0.1, 0.15) is 61.0 Å². The van der Waals surface area contributed by atoms with Crippen molar-refractivity contribution in [2.45, 2.75) is 45.1 Å². The van der Waals surface area contributed by atoms with Crippen LogP contribution < -0.4 is 10.6 Å². The molecule has 38 heavy (non-hydrogen) atoms. The van der Waals surface area contributed by atoms with Crippen molar-refractivity contribution in [3.63, 3.8) is 0 Å². The third kappa shape index (κ3) is 6.05. The number of anilines is 1. The number of oxazole rings is 1. The molecule has 0 unspecified atom stereocenters. The Labute approximate surface area is 222 Å². The number of nitrogens with one attached hydrogen (secondary N) is 2. The summed E-state index contributed by atoms with van der Waals surface area (Å²) in [4.78, 5) is 28.6. The van der Waals surface area contributed by atoms with Crippen LogP contribution in [0.2, 0.25) is 0 Å². The van der Waals surface area contributed by atoms with Crippen molar-refractivity contribution in [2.75, 3.05) is 18.5 Å². The molecule has 196 valence electrons. The van der Waals surface area contributed by atoms with Gasteiger partial charge in [-0.2, -0.15) is 0 Å². The summed E-state index contributed by atoms with van der Waals surface area (Å²) >= 11 is 0. The highest BCUT2D eigenvalue weighted by Gasteiger charge is 2.26. The van der Waals surface area contributed by atoms with E-state index < -0.39 is 0 Å². The van der Waals surface area contributed by atoms with E-state index in [1.807, 2.05) is 48.5 Å². The molecule has 1 fully saturated rings. The fourth-order valence-electron chi connectivity index (χ4n) is 5.10. The first-order valence-corrected chi connectivity index (χ1v) is 13.4. The Hall–Kier alpha value is -4.13. The number of esters is 1. The minimum Gasteiger partial charge on any atom is -0.466 e. The van der Waals surface area contributed by atoms with Crippen LogP contribution >= 0.6 is 0 Å². The van der Waals surface area contributed by atoms with Gasteiger partial charge in [-0.3, -0.25) is 9.59 Å². The van der Waals surface area contributed by atoms with Crippen molar-refractivity contribution >= 4 is 28.7 Å². The van der Waals surface area contributed by atoms with Crippen LogP contribution in [0.25, 0.3) is 22.6 Å². The lowest BCUT2D eigenvalue weighted by molar-refractivity contribution is -0.142. The van der Waals surface area contributed by atoms with Gasteiger partial charge < -0.3 is 19.8 Å². The number of amides is 1. The van der Waals surface area contributed by atoms with Gasteiger partial charge in [0, 0.05) is 23.4 Å². The molecule has 3 aromatic carbocycles. The molecule has 1 atom stereocenters. The molecule has 5 rings (SSSR count). The van der Waals surface area contributed by atoms with Crippen LogP contribution in [0.4, 0.5) is 5.69 Å². The minimum absolute atomic E-state index is 0.160. The topological polar surface area (TPSA) is 93.5 Å². The largest absolute Gasteiger partial charge is 0.466 e. The molecule has 1 saturated carbocycles. The number of fused-ring (bicyclic) bond motifs is 1. The standard InChI is InChI=1S/C31H33N3O4/c1-2-37-28(35)19-20-32-30(36)23-15-17-25(18-16-23)33-29(21-7-3-4-8-21)22-11-13-24(14-12-22)31-34-26-9-5-6-10-27(26)38-31/h5-6,9-18,21,29,33H,2-4,7-8,19-20H2,1H3,(H,32,36)/t29-/m1/s1. The summed E-state index contributed by atoms with van der Waals surface area (Å²) in [6.45, 7) is 2.35. The Balaban J connectivity index is 1.26. The summed E-state index contributed by atoms with van der Waals surface area (Å²) in [5.74, 6) is 0.644. The number of carbonyl (C=O) groups excluding carboxylic acids is 2. The van der Waals surface area contributed by atoms with Gasteiger partial charge >= 0.3 is 5.97 Å². The number of rotatable bonds is 10. The summed E-state index contributed by atoms with van der Waals surface area (Å²) in [6.07, 6.45) is 5.02. The summed E-state index contributed by atoms with van der Waals surface area (Å²) in [5, 5.41) is 6.50. The third-order valence-corrected chi connectivity index (χ3v) is 7.07. The van der Waals surface area contributed by atoms with E-state index in [1.54, 1.807) is 6.92 Å². The fourth-order valence-corrected chi connectivity index (χ4v) is 5.10. The zero-order valence-corrected chi connectivity index (χ0v) is 21.6. The predicted molar refractivity (Wildman–Crippen MR) is 148 cm³/mol. The number of nitrogens with zero attached hydrogens (tertiary/aromatic N) is 1. The quantitative estimate of drug-likeness (QED) is 0.235. The van der Waals surface area contributed by atoms with E-state index in [-0.39, 0.29) is 30.9 Å². The molecule has 1 amide bonds. The summed E-state index contributed by atoms with van der Waals surface area (Å²) in [7, 11) is 0. The maximum absolute atomic E-state index is 12.5. The third-order valence-electron chi connectivity index (χ3n) is 7.07. The van der Waals surface area contributed by atoms with Crippen molar-refractivity contribution in [3.05, 3.63) is 83.9 Å². The first-order valence-electron chi connectivity index (χ1n) is 13.4. The number of benzene rings is 3. The van der Waals surface area contributed by atoms with Gasteiger partial charge in [-0.05, 0) is 79.8 Å². The monoisotopic (exact) mass is 511 g/mol. The second kappa shape index (κ2) is 11.9. The molecule has 2 N–H and O–H groups in total.